The Bertz CT molecular complexity index is 994. The van der Waals surface area contributed by atoms with Gasteiger partial charge in [0, 0.05) is 25.1 Å². The Morgan fingerprint density at radius 1 is 1.10 bits per heavy atom. The zero-order chi connectivity index (χ0) is 20.8. The molecule has 7 nitrogen and oxygen atoms in total. The zero-order valence-electron chi connectivity index (χ0n) is 16.4. The first-order valence-corrected chi connectivity index (χ1v) is 10.7. The number of nitrogens with zero attached hydrogens (tertiary/aromatic N) is 3. The van der Waals surface area contributed by atoms with Crippen LogP contribution in [0.15, 0.2) is 60.7 Å². The average Bonchev–Trinajstić information content (AvgIpc) is 3.39. The van der Waals surface area contributed by atoms with Crippen LogP contribution in [0.2, 0.25) is 0 Å². The third-order valence-corrected chi connectivity index (χ3v) is 5.71. The average molecular weight is 423 g/mol. The van der Waals surface area contributed by atoms with Gasteiger partial charge >= 0.3 is 0 Å². The number of amides is 2. The Morgan fingerprint density at radius 2 is 1.83 bits per heavy atom. The number of carbonyl (C=O) groups excluding carboxylic acids is 2. The molecule has 1 atom stereocenters. The molecule has 2 amide bonds. The second-order valence-corrected chi connectivity index (χ2v) is 8.06. The smallest absolute Gasteiger partial charge is 0.231 e. The maximum atomic E-state index is 12.6. The molecule has 2 aromatic carbocycles. The molecule has 0 radical (unpaired) electrons. The van der Waals surface area contributed by atoms with Crippen molar-refractivity contribution in [1.82, 2.24) is 10.2 Å². The van der Waals surface area contributed by atoms with Gasteiger partial charge in [-0.3, -0.25) is 9.59 Å². The van der Waals surface area contributed by atoms with E-state index < -0.39 is 5.92 Å². The van der Waals surface area contributed by atoms with Crippen LogP contribution in [-0.4, -0.2) is 35.2 Å². The van der Waals surface area contributed by atoms with E-state index in [2.05, 4.69) is 15.5 Å². The largest absolute Gasteiger partial charge is 0.494 e. The first-order chi connectivity index (χ1) is 14.7. The number of para-hydroxylation sites is 2. The molecule has 4 rings (SSSR count). The predicted molar refractivity (Wildman–Crippen MR) is 116 cm³/mol. The minimum Gasteiger partial charge on any atom is -0.494 e. The van der Waals surface area contributed by atoms with Crippen LogP contribution < -0.4 is 15.0 Å². The minimum absolute atomic E-state index is 0.0438. The second kappa shape index (κ2) is 9.49. The van der Waals surface area contributed by atoms with Crippen molar-refractivity contribution in [3.8, 4) is 5.75 Å². The number of hydrogen-bond donors (Lipinski definition) is 1. The van der Waals surface area contributed by atoms with Gasteiger partial charge in [0.15, 0.2) is 0 Å². The van der Waals surface area contributed by atoms with Crippen LogP contribution >= 0.6 is 11.3 Å². The molecule has 8 heteroatoms. The SMILES string of the molecule is O=C(Nc1nnc(CCCOc2ccccc2)s1)[C@@H]1CC(=O)N(c2ccccc2)C1. The monoisotopic (exact) mass is 422 g/mol. The molecule has 1 aromatic heterocycles. The van der Waals surface area contributed by atoms with Crippen molar-refractivity contribution in [1.29, 1.82) is 0 Å². The van der Waals surface area contributed by atoms with Crippen LogP contribution in [0, 0.1) is 5.92 Å². The number of hydrogen-bond acceptors (Lipinski definition) is 6. The van der Waals surface area contributed by atoms with Crippen LogP contribution in [0.4, 0.5) is 10.8 Å². The van der Waals surface area contributed by atoms with Gasteiger partial charge in [-0.1, -0.05) is 47.7 Å². The van der Waals surface area contributed by atoms with Gasteiger partial charge in [-0.05, 0) is 30.7 Å². The quantitative estimate of drug-likeness (QED) is 0.561. The fraction of sp³-hybridized carbons (Fsp3) is 0.273. The van der Waals surface area contributed by atoms with Gasteiger partial charge < -0.3 is 15.0 Å². The summed E-state index contributed by atoms with van der Waals surface area (Å²) < 4.78 is 5.67. The van der Waals surface area contributed by atoms with Crippen LogP contribution in [0.5, 0.6) is 5.75 Å². The Hall–Kier alpha value is -3.26. The summed E-state index contributed by atoms with van der Waals surface area (Å²) in [5.74, 6) is 0.206. The van der Waals surface area contributed by atoms with Gasteiger partial charge in [0.2, 0.25) is 16.9 Å². The first kappa shape index (κ1) is 20.0. The summed E-state index contributed by atoms with van der Waals surface area (Å²) in [4.78, 5) is 26.6. The summed E-state index contributed by atoms with van der Waals surface area (Å²) in [5, 5.41) is 12.3. The van der Waals surface area contributed by atoms with Crippen molar-refractivity contribution in [3.05, 3.63) is 65.7 Å². The van der Waals surface area contributed by atoms with E-state index in [0.29, 0.717) is 18.3 Å². The normalized spacial score (nSPS) is 15.9. The van der Waals surface area contributed by atoms with E-state index in [1.807, 2.05) is 60.7 Å². The van der Waals surface area contributed by atoms with E-state index in [1.54, 1.807) is 4.90 Å². The van der Waals surface area contributed by atoms with Crippen LogP contribution in [0.25, 0.3) is 0 Å². The van der Waals surface area contributed by atoms with Crippen molar-refractivity contribution >= 4 is 34.0 Å². The third-order valence-electron chi connectivity index (χ3n) is 4.81. The molecule has 1 saturated heterocycles. The summed E-state index contributed by atoms with van der Waals surface area (Å²) in [6.07, 6.45) is 1.73. The molecule has 0 unspecified atom stereocenters. The number of anilines is 2. The van der Waals surface area contributed by atoms with Gasteiger partial charge in [0.05, 0.1) is 12.5 Å². The highest BCUT2D eigenvalue weighted by Crippen LogP contribution is 2.26. The maximum Gasteiger partial charge on any atom is 0.231 e. The van der Waals surface area contributed by atoms with E-state index in [9.17, 15) is 9.59 Å². The Labute approximate surface area is 178 Å². The fourth-order valence-corrected chi connectivity index (χ4v) is 4.07. The number of carbonyl (C=O) groups is 2. The molecular weight excluding hydrogens is 400 g/mol. The van der Waals surface area contributed by atoms with Crippen molar-refractivity contribution in [2.24, 2.45) is 5.92 Å². The van der Waals surface area contributed by atoms with Gasteiger partial charge in [-0.15, -0.1) is 10.2 Å². The summed E-state index contributed by atoms with van der Waals surface area (Å²) in [7, 11) is 0. The third kappa shape index (κ3) is 5.01. The van der Waals surface area contributed by atoms with Crippen LogP contribution in [0.3, 0.4) is 0 Å². The summed E-state index contributed by atoms with van der Waals surface area (Å²) in [6.45, 7) is 0.960. The molecule has 30 heavy (non-hydrogen) atoms. The summed E-state index contributed by atoms with van der Waals surface area (Å²) in [6, 6.07) is 19.1. The Balaban J connectivity index is 1.24. The minimum atomic E-state index is -0.399. The van der Waals surface area contributed by atoms with Crippen molar-refractivity contribution in [2.45, 2.75) is 19.3 Å². The number of nitrogens with one attached hydrogen (secondary N) is 1. The number of benzene rings is 2. The Kier molecular flexibility index (Phi) is 6.34. The molecule has 0 bridgehead atoms. The lowest BCUT2D eigenvalue weighted by atomic mass is 10.1. The molecule has 0 saturated carbocycles. The van der Waals surface area contributed by atoms with E-state index in [1.165, 1.54) is 11.3 Å². The van der Waals surface area contributed by atoms with Gasteiger partial charge in [0.1, 0.15) is 10.8 Å². The molecule has 154 valence electrons. The summed E-state index contributed by atoms with van der Waals surface area (Å²) >= 11 is 1.36. The lowest BCUT2D eigenvalue weighted by Crippen LogP contribution is -2.28. The van der Waals surface area contributed by atoms with Crippen molar-refractivity contribution in [2.75, 3.05) is 23.4 Å². The zero-order valence-corrected chi connectivity index (χ0v) is 17.2. The number of ether oxygens (including phenoxy) is 1. The van der Waals surface area contributed by atoms with E-state index in [0.717, 1.165) is 29.3 Å². The van der Waals surface area contributed by atoms with E-state index in [4.69, 9.17) is 4.74 Å². The fourth-order valence-electron chi connectivity index (χ4n) is 3.28. The van der Waals surface area contributed by atoms with Crippen molar-refractivity contribution in [3.63, 3.8) is 0 Å². The van der Waals surface area contributed by atoms with Gasteiger partial charge in [-0.2, -0.15) is 0 Å². The first-order valence-electron chi connectivity index (χ1n) is 9.85. The molecule has 1 aliphatic rings. The predicted octanol–water partition coefficient (Wildman–Crippen LogP) is 3.54. The number of aromatic nitrogens is 2. The summed E-state index contributed by atoms with van der Waals surface area (Å²) in [5.41, 5.74) is 0.814. The second-order valence-electron chi connectivity index (χ2n) is 7.00. The topological polar surface area (TPSA) is 84.4 Å². The highest BCUT2D eigenvalue weighted by atomic mass is 32.1. The van der Waals surface area contributed by atoms with Crippen LogP contribution in [0.1, 0.15) is 17.8 Å². The van der Waals surface area contributed by atoms with Crippen molar-refractivity contribution < 1.29 is 14.3 Å². The molecule has 3 aromatic rings. The van der Waals surface area contributed by atoms with Gasteiger partial charge in [-0.25, -0.2) is 0 Å². The molecule has 1 fully saturated rings. The highest BCUT2D eigenvalue weighted by molar-refractivity contribution is 7.15. The van der Waals surface area contributed by atoms with E-state index in [-0.39, 0.29) is 18.2 Å². The standard InChI is InChI=1S/C22H22N4O3S/c27-20-14-16(15-26(20)17-8-3-1-4-9-17)21(28)23-22-25-24-19(30-22)12-7-13-29-18-10-5-2-6-11-18/h1-6,8-11,16H,7,12-15H2,(H,23,25,28)/t16-/m1/s1. The lowest BCUT2D eigenvalue weighted by Gasteiger charge is -2.16. The molecular formula is C22H22N4O3S. The van der Waals surface area contributed by atoms with E-state index >= 15 is 0 Å². The molecule has 1 N–H and O–H groups in total. The number of aryl methyl sites for hydroxylation is 1. The molecule has 2 heterocycles. The highest BCUT2D eigenvalue weighted by Gasteiger charge is 2.35. The maximum absolute atomic E-state index is 12.6. The number of rotatable bonds is 8. The molecule has 1 aliphatic heterocycles. The lowest BCUT2D eigenvalue weighted by molar-refractivity contribution is -0.122. The molecule has 0 spiro atoms. The van der Waals surface area contributed by atoms with Gasteiger partial charge in [0.25, 0.3) is 0 Å². The molecule has 0 aliphatic carbocycles. The van der Waals surface area contributed by atoms with Crippen LogP contribution in [-0.2, 0) is 16.0 Å². The Morgan fingerprint density at radius 3 is 2.60 bits per heavy atom.